The van der Waals surface area contributed by atoms with Crippen LogP contribution >= 0.6 is 27.3 Å². The van der Waals surface area contributed by atoms with E-state index in [2.05, 4.69) is 20.9 Å². The number of nitrogens with zero attached hydrogens (tertiary/aromatic N) is 2. The third kappa shape index (κ3) is 3.56. The largest absolute Gasteiger partial charge is 0.342 e. The molecule has 0 fully saturated rings. The lowest BCUT2D eigenvalue weighted by atomic mass is 10.2. The van der Waals surface area contributed by atoms with Crippen molar-refractivity contribution in [3.05, 3.63) is 27.7 Å². The van der Waals surface area contributed by atoms with Crippen molar-refractivity contribution < 1.29 is 4.79 Å². The molecule has 108 valence electrons. The van der Waals surface area contributed by atoms with Crippen LogP contribution in [0.1, 0.15) is 18.4 Å². The Balaban J connectivity index is 2.00. The Morgan fingerprint density at radius 2 is 2.30 bits per heavy atom. The number of thiazole rings is 1. The van der Waals surface area contributed by atoms with Crippen molar-refractivity contribution in [1.29, 1.82) is 0 Å². The Kier molecular flexibility index (Phi) is 5.12. The van der Waals surface area contributed by atoms with Gasteiger partial charge in [0.25, 0.3) is 0 Å². The third-order valence-electron chi connectivity index (χ3n) is 3.34. The standard InChI is InChI=1S/C14H18BrN3OS/c1-9(8-16)18(2)14(19)6-5-13-17-11-7-10(15)3-4-12(11)20-13/h3-4,7,9H,5-6,8,16H2,1-2H3/t9-/m1/s1. The number of rotatable bonds is 5. The molecule has 0 saturated carbocycles. The molecule has 0 aliphatic heterocycles. The number of carbonyl (C=O) groups is 1. The highest BCUT2D eigenvalue weighted by atomic mass is 79.9. The maximum absolute atomic E-state index is 12.0. The molecule has 2 aromatic rings. The third-order valence-corrected chi connectivity index (χ3v) is 4.93. The smallest absolute Gasteiger partial charge is 0.223 e. The van der Waals surface area contributed by atoms with Crippen LogP contribution in [0.25, 0.3) is 10.2 Å². The number of likely N-dealkylation sites (N-methyl/N-ethyl adjacent to an activating group) is 1. The van der Waals surface area contributed by atoms with Gasteiger partial charge in [0.1, 0.15) is 0 Å². The zero-order chi connectivity index (χ0) is 14.7. The minimum absolute atomic E-state index is 0.0776. The Morgan fingerprint density at radius 3 is 3.00 bits per heavy atom. The summed E-state index contributed by atoms with van der Waals surface area (Å²) in [5.74, 6) is 0.114. The molecule has 1 amide bonds. The number of hydrogen-bond donors (Lipinski definition) is 1. The number of benzene rings is 1. The minimum atomic E-state index is 0.0776. The first kappa shape index (κ1) is 15.4. The summed E-state index contributed by atoms with van der Waals surface area (Å²) in [4.78, 5) is 18.3. The number of amides is 1. The molecule has 0 saturated heterocycles. The van der Waals surface area contributed by atoms with Gasteiger partial charge in [-0.05, 0) is 25.1 Å². The first-order valence-electron chi connectivity index (χ1n) is 6.52. The van der Waals surface area contributed by atoms with Gasteiger partial charge in [0.2, 0.25) is 5.91 Å². The van der Waals surface area contributed by atoms with Crippen LogP contribution in [0.15, 0.2) is 22.7 Å². The quantitative estimate of drug-likeness (QED) is 0.896. The number of halogens is 1. The van der Waals surface area contributed by atoms with Crippen molar-refractivity contribution in [3.8, 4) is 0 Å². The molecule has 2 N–H and O–H groups in total. The van der Waals surface area contributed by atoms with Crippen LogP contribution in [0.3, 0.4) is 0 Å². The lowest BCUT2D eigenvalue weighted by molar-refractivity contribution is -0.131. The number of carbonyl (C=O) groups excluding carboxylic acids is 1. The number of aromatic nitrogens is 1. The van der Waals surface area contributed by atoms with E-state index in [1.54, 1.807) is 23.3 Å². The molecule has 0 spiro atoms. The molecule has 0 unspecified atom stereocenters. The highest BCUT2D eigenvalue weighted by Gasteiger charge is 2.15. The van der Waals surface area contributed by atoms with Gasteiger partial charge in [0.15, 0.2) is 0 Å². The molecule has 20 heavy (non-hydrogen) atoms. The molecule has 1 aromatic carbocycles. The van der Waals surface area contributed by atoms with Gasteiger partial charge in [-0.2, -0.15) is 0 Å². The molecular formula is C14H18BrN3OS. The van der Waals surface area contributed by atoms with E-state index in [0.717, 1.165) is 19.7 Å². The predicted octanol–water partition coefficient (Wildman–Crippen LogP) is 2.80. The summed E-state index contributed by atoms with van der Waals surface area (Å²) in [6.45, 7) is 2.44. The summed E-state index contributed by atoms with van der Waals surface area (Å²) >= 11 is 5.09. The molecule has 2 rings (SSSR count). The van der Waals surface area contributed by atoms with Crippen LogP contribution in [0.5, 0.6) is 0 Å². The van der Waals surface area contributed by atoms with Gasteiger partial charge in [0.05, 0.1) is 15.2 Å². The van der Waals surface area contributed by atoms with E-state index in [1.807, 2.05) is 25.1 Å². The number of nitrogens with two attached hydrogens (primary N) is 1. The van der Waals surface area contributed by atoms with E-state index in [4.69, 9.17) is 5.73 Å². The topological polar surface area (TPSA) is 59.2 Å². The van der Waals surface area contributed by atoms with E-state index in [-0.39, 0.29) is 11.9 Å². The molecule has 1 atom stereocenters. The Labute approximate surface area is 131 Å². The SMILES string of the molecule is C[C@H](CN)N(C)C(=O)CCc1nc2cc(Br)ccc2s1. The van der Waals surface area contributed by atoms with Gasteiger partial charge < -0.3 is 10.6 Å². The molecule has 0 radical (unpaired) electrons. The fraction of sp³-hybridized carbons (Fsp3) is 0.429. The van der Waals surface area contributed by atoms with E-state index in [0.29, 0.717) is 19.4 Å². The van der Waals surface area contributed by atoms with Crippen molar-refractivity contribution in [3.63, 3.8) is 0 Å². The molecule has 6 heteroatoms. The van der Waals surface area contributed by atoms with Gasteiger partial charge in [-0.1, -0.05) is 15.9 Å². The average molecular weight is 356 g/mol. The highest BCUT2D eigenvalue weighted by molar-refractivity contribution is 9.10. The maximum Gasteiger partial charge on any atom is 0.223 e. The molecule has 0 aliphatic rings. The zero-order valence-electron chi connectivity index (χ0n) is 11.6. The first-order valence-corrected chi connectivity index (χ1v) is 8.13. The van der Waals surface area contributed by atoms with E-state index < -0.39 is 0 Å². The summed E-state index contributed by atoms with van der Waals surface area (Å²) < 4.78 is 2.17. The van der Waals surface area contributed by atoms with Crippen LogP contribution in [-0.4, -0.2) is 35.4 Å². The molecular weight excluding hydrogens is 338 g/mol. The summed E-state index contributed by atoms with van der Waals surface area (Å²) in [5, 5.41) is 1.00. The normalized spacial score (nSPS) is 12.6. The van der Waals surface area contributed by atoms with E-state index >= 15 is 0 Å². The average Bonchev–Trinajstić information content (AvgIpc) is 2.84. The predicted molar refractivity (Wildman–Crippen MR) is 86.9 cm³/mol. The fourth-order valence-electron chi connectivity index (χ4n) is 1.85. The van der Waals surface area contributed by atoms with Gasteiger partial charge in [-0.15, -0.1) is 11.3 Å². The number of aryl methyl sites for hydroxylation is 1. The highest BCUT2D eigenvalue weighted by Crippen LogP contribution is 2.25. The summed E-state index contributed by atoms with van der Waals surface area (Å²) in [7, 11) is 1.80. The van der Waals surface area contributed by atoms with Crippen LogP contribution < -0.4 is 5.73 Å². The van der Waals surface area contributed by atoms with Crippen molar-refractivity contribution in [2.45, 2.75) is 25.8 Å². The second-order valence-corrected chi connectivity index (χ2v) is 6.84. The van der Waals surface area contributed by atoms with Crippen LogP contribution in [0.2, 0.25) is 0 Å². The van der Waals surface area contributed by atoms with Gasteiger partial charge in [-0.3, -0.25) is 4.79 Å². The lowest BCUT2D eigenvalue weighted by Gasteiger charge is -2.23. The first-order chi connectivity index (χ1) is 9.51. The minimum Gasteiger partial charge on any atom is -0.342 e. The molecule has 0 bridgehead atoms. The van der Waals surface area contributed by atoms with Crippen LogP contribution in [-0.2, 0) is 11.2 Å². The number of fused-ring (bicyclic) bond motifs is 1. The summed E-state index contributed by atoms with van der Waals surface area (Å²) in [5.41, 5.74) is 6.56. The van der Waals surface area contributed by atoms with E-state index in [1.165, 1.54) is 0 Å². The van der Waals surface area contributed by atoms with Crippen molar-refractivity contribution in [2.75, 3.05) is 13.6 Å². The Bertz CT molecular complexity index is 613. The van der Waals surface area contributed by atoms with Crippen molar-refractivity contribution in [2.24, 2.45) is 5.73 Å². The van der Waals surface area contributed by atoms with Gasteiger partial charge in [-0.25, -0.2) is 4.98 Å². The monoisotopic (exact) mass is 355 g/mol. The molecule has 1 heterocycles. The summed E-state index contributed by atoms with van der Waals surface area (Å²) in [6.07, 6.45) is 1.15. The van der Waals surface area contributed by atoms with Gasteiger partial charge in [0, 0.05) is 36.9 Å². The molecule has 4 nitrogen and oxygen atoms in total. The zero-order valence-corrected chi connectivity index (χ0v) is 14.0. The lowest BCUT2D eigenvalue weighted by Crippen LogP contribution is -2.39. The van der Waals surface area contributed by atoms with E-state index in [9.17, 15) is 4.79 Å². The Hall–Kier alpha value is -0.980. The van der Waals surface area contributed by atoms with Crippen LogP contribution in [0.4, 0.5) is 0 Å². The number of hydrogen-bond acceptors (Lipinski definition) is 4. The molecule has 1 aromatic heterocycles. The van der Waals surface area contributed by atoms with Crippen molar-refractivity contribution in [1.82, 2.24) is 9.88 Å². The van der Waals surface area contributed by atoms with Crippen molar-refractivity contribution >= 4 is 43.4 Å². The van der Waals surface area contributed by atoms with Crippen LogP contribution in [0, 0.1) is 0 Å². The fourth-order valence-corrected chi connectivity index (χ4v) is 3.15. The van der Waals surface area contributed by atoms with Gasteiger partial charge >= 0.3 is 0 Å². The maximum atomic E-state index is 12.0. The Morgan fingerprint density at radius 1 is 1.55 bits per heavy atom. The summed E-state index contributed by atoms with van der Waals surface area (Å²) in [6, 6.07) is 6.13. The second-order valence-electron chi connectivity index (χ2n) is 4.81. The second kappa shape index (κ2) is 6.65. The molecule has 0 aliphatic carbocycles.